The average Bonchev–Trinajstić information content (AvgIpc) is 2.32. The fraction of sp³-hybridized carbons (Fsp3) is 1.00. The van der Waals surface area contributed by atoms with Gasteiger partial charge in [-0.1, -0.05) is 19.8 Å². The Morgan fingerprint density at radius 2 is 1.67 bits per heavy atom. The molecule has 1 aliphatic carbocycles. The smallest absolute Gasteiger partial charge is 0.00967 e. The van der Waals surface area contributed by atoms with E-state index in [1.165, 1.54) is 32.2 Å². The van der Waals surface area contributed by atoms with Gasteiger partial charge in [-0.15, -0.1) is 0 Å². The highest BCUT2D eigenvalue weighted by Crippen LogP contribution is 2.36. The van der Waals surface area contributed by atoms with Gasteiger partial charge in [-0.25, -0.2) is 0 Å². The zero-order valence-corrected chi connectivity index (χ0v) is 9.04. The molecule has 0 bridgehead atoms. The summed E-state index contributed by atoms with van der Waals surface area (Å²) in [5.74, 6) is 0. The molecule has 1 fully saturated rings. The van der Waals surface area contributed by atoms with Crippen molar-refractivity contribution in [3.63, 3.8) is 0 Å². The summed E-state index contributed by atoms with van der Waals surface area (Å²) >= 11 is 0. The van der Waals surface area contributed by atoms with Crippen molar-refractivity contribution in [1.29, 1.82) is 0 Å². The number of hydrogen-bond donors (Lipinski definition) is 1. The van der Waals surface area contributed by atoms with Crippen molar-refractivity contribution in [2.75, 3.05) is 6.54 Å². The minimum Gasteiger partial charge on any atom is -0.312 e. The van der Waals surface area contributed by atoms with Crippen LogP contribution < -0.4 is 5.32 Å². The van der Waals surface area contributed by atoms with Crippen molar-refractivity contribution in [3.8, 4) is 0 Å². The first-order valence-electron chi connectivity index (χ1n) is 5.16. The molecule has 1 rings (SSSR count). The van der Waals surface area contributed by atoms with Gasteiger partial charge in [-0.05, 0) is 39.0 Å². The summed E-state index contributed by atoms with van der Waals surface area (Å²) in [5, 5.41) is 3.60. The van der Waals surface area contributed by atoms with E-state index in [4.69, 9.17) is 0 Å². The molecular weight excluding hydrogens is 146 g/mol. The van der Waals surface area contributed by atoms with Crippen LogP contribution in [0.25, 0.3) is 0 Å². The van der Waals surface area contributed by atoms with Gasteiger partial charge in [0, 0.05) is 12.1 Å². The summed E-state index contributed by atoms with van der Waals surface area (Å²) in [6.07, 6.45) is 5.69. The molecule has 0 saturated heterocycles. The maximum Gasteiger partial charge on any atom is 0.00967 e. The Kier molecular flexibility index (Phi) is 2.82. The first-order valence-corrected chi connectivity index (χ1v) is 5.16. The van der Waals surface area contributed by atoms with Crippen LogP contribution in [0.3, 0.4) is 0 Å². The Bertz CT molecular complexity index is 138. The van der Waals surface area contributed by atoms with Crippen LogP contribution in [0.5, 0.6) is 0 Å². The Morgan fingerprint density at radius 1 is 1.17 bits per heavy atom. The van der Waals surface area contributed by atoms with E-state index in [1.807, 2.05) is 0 Å². The second kappa shape index (κ2) is 3.37. The van der Waals surface area contributed by atoms with Gasteiger partial charge in [0.15, 0.2) is 0 Å². The summed E-state index contributed by atoms with van der Waals surface area (Å²) in [6.45, 7) is 10.3. The maximum absolute atomic E-state index is 3.60. The topological polar surface area (TPSA) is 12.0 Å². The molecule has 0 heterocycles. The van der Waals surface area contributed by atoms with Crippen LogP contribution in [0, 0.1) is 5.41 Å². The van der Waals surface area contributed by atoms with Crippen LogP contribution in [0.2, 0.25) is 0 Å². The number of hydrogen-bond acceptors (Lipinski definition) is 1. The zero-order valence-electron chi connectivity index (χ0n) is 9.04. The predicted octanol–water partition coefficient (Wildman–Crippen LogP) is 2.95. The Balaban J connectivity index is 2.30. The molecule has 0 unspecified atom stereocenters. The summed E-state index contributed by atoms with van der Waals surface area (Å²) in [5.41, 5.74) is 0.874. The highest BCUT2D eigenvalue weighted by atomic mass is 15.0. The SMILES string of the molecule is CC1(CNC(C)(C)C)CCCC1. The van der Waals surface area contributed by atoms with Crippen LogP contribution in [-0.2, 0) is 0 Å². The van der Waals surface area contributed by atoms with Crippen LogP contribution in [-0.4, -0.2) is 12.1 Å². The quantitative estimate of drug-likeness (QED) is 0.670. The highest BCUT2D eigenvalue weighted by molar-refractivity contribution is 4.85. The third kappa shape index (κ3) is 3.14. The third-order valence-corrected chi connectivity index (χ3v) is 2.86. The van der Waals surface area contributed by atoms with Gasteiger partial charge in [-0.3, -0.25) is 0 Å². The van der Waals surface area contributed by atoms with Crippen molar-refractivity contribution in [2.24, 2.45) is 5.41 Å². The molecule has 72 valence electrons. The van der Waals surface area contributed by atoms with E-state index in [0.29, 0.717) is 5.41 Å². The summed E-state index contributed by atoms with van der Waals surface area (Å²) < 4.78 is 0. The van der Waals surface area contributed by atoms with Crippen molar-refractivity contribution >= 4 is 0 Å². The molecule has 12 heavy (non-hydrogen) atoms. The van der Waals surface area contributed by atoms with E-state index in [0.717, 1.165) is 0 Å². The number of nitrogens with one attached hydrogen (secondary N) is 1. The lowest BCUT2D eigenvalue weighted by molar-refractivity contribution is 0.273. The molecule has 1 N–H and O–H groups in total. The first-order chi connectivity index (χ1) is 5.41. The van der Waals surface area contributed by atoms with Crippen molar-refractivity contribution in [3.05, 3.63) is 0 Å². The van der Waals surface area contributed by atoms with Gasteiger partial charge in [0.1, 0.15) is 0 Å². The monoisotopic (exact) mass is 169 g/mol. The molecule has 0 aromatic heterocycles. The van der Waals surface area contributed by atoms with Gasteiger partial charge >= 0.3 is 0 Å². The molecule has 1 nitrogen and oxygen atoms in total. The summed E-state index contributed by atoms with van der Waals surface area (Å²) in [4.78, 5) is 0. The lowest BCUT2D eigenvalue weighted by Crippen LogP contribution is -2.42. The number of rotatable bonds is 2. The second-order valence-corrected chi connectivity index (χ2v) is 5.62. The van der Waals surface area contributed by atoms with Gasteiger partial charge in [-0.2, -0.15) is 0 Å². The van der Waals surface area contributed by atoms with E-state index in [1.54, 1.807) is 0 Å². The van der Waals surface area contributed by atoms with Crippen LogP contribution >= 0.6 is 0 Å². The Morgan fingerprint density at radius 3 is 2.08 bits per heavy atom. The van der Waals surface area contributed by atoms with E-state index in [2.05, 4.69) is 33.0 Å². The molecule has 1 heteroatoms. The standard InChI is InChI=1S/C11H23N/c1-10(2,3)12-9-11(4)7-5-6-8-11/h12H,5-9H2,1-4H3. The minimum atomic E-state index is 0.283. The molecular formula is C11H23N. The lowest BCUT2D eigenvalue weighted by atomic mass is 9.88. The van der Waals surface area contributed by atoms with Crippen LogP contribution in [0.4, 0.5) is 0 Å². The largest absolute Gasteiger partial charge is 0.312 e. The third-order valence-electron chi connectivity index (χ3n) is 2.86. The Labute approximate surface area is 76.9 Å². The Hall–Kier alpha value is -0.0400. The zero-order chi connectivity index (χ0) is 9.24. The predicted molar refractivity (Wildman–Crippen MR) is 54.3 cm³/mol. The summed E-state index contributed by atoms with van der Waals surface area (Å²) in [6, 6.07) is 0. The van der Waals surface area contributed by atoms with Crippen molar-refractivity contribution in [1.82, 2.24) is 5.32 Å². The molecule has 1 aliphatic rings. The molecule has 0 aromatic rings. The summed E-state index contributed by atoms with van der Waals surface area (Å²) in [7, 11) is 0. The van der Waals surface area contributed by atoms with Crippen LogP contribution in [0.15, 0.2) is 0 Å². The van der Waals surface area contributed by atoms with Gasteiger partial charge in [0.05, 0.1) is 0 Å². The van der Waals surface area contributed by atoms with Gasteiger partial charge < -0.3 is 5.32 Å². The minimum absolute atomic E-state index is 0.283. The lowest BCUT2D eigenvalue weighted by Gasteiger charge is -2.30. The van der Waals surface area contributed by atoms with E-state index in [9.17, 15) is 0 Å². The van der Waals surface area contributed by atoms with Crippen molar-refractivity contribution in [2.45, 2.75) is 58.9 Å². The molecule has 0 atom stereocenters. The maximum atomic E-state index is 3.60. The molecule has 0 aromatic carbocycles. The van der Waals surface area contributed by atoms with E-state index >= 15 is 0 Å². The van der Waals surface area contributed by atoms with E-state index in [-0.39, 0.29) is 5.54 Å². The second-order valence-electron chi connectivity index (χ2n) is 5.62. The van der Waals surface area contributed by atoms with Gasteiger partial charge in [0.2, 0.25) is 0 Å². The molecule has 0 amide bonds. The van der Waals surface area contributed by atoms with Crippen LogP contribution in [0.1, 0.15) is 53.4 Å². The average molecular weight is 169 g/mol. The molecule has 1 saturated carbocycles. The molecule has 0 radical (unpaired) electrons. The molecule has 0 spiro atoms. The van der Waals surface area contributed by atoms with Gasteiger partial charge in [0.25, 0.3) is 0 Å². The van der Waals surface area contributed by atoms with E-state index < -0.39 is 0 Å². The highest BCUT2D eigenvalue weighted by Gasteiger charge is 2.29. The van der Waals surface area contributed by atoms with Crippen molar-refractivity contribution < 1.29 is 0 Å². The first kappa shape index (κ1) is 10.0. The molecule has 0 aliphatic heterocycles. The fourth-order valence-electron chi connectivity index (χ4n) is 1.88. The fourth-order valence-corrected chi connectivity index (χ4v) is 1.88. The normalized spacial score (nSPS) is 23.0.